The quantitative estimate of drug-likeness (QED) is 0.918. The van der Waals surface area contributed by atoms with Gasteiger partial charge in [-0.15, -0.1) is 0 Å². The van der Waals surface area contributed by atoms with Crippen molar-refractivity contribution in [1.82, 2.24) is 15.1 Å². The molecule has 112 valence electrons. The molecular formula is C17H23N3O. The molecule has 2 aromatic rings. The summed E-state index contributed by atoms with van der Waals surface area (Å²) in [6, 6.07) is 8.94. The van der Waals surface area contributed by atoms with Crippen LogP contribution in [0.15, 0.2) is 36.7 Å². The molecule has 1 aliphatic heterocycles. The SMILES string of the molecule is CCC(NC)c1cnn(CC2OCCc3ccccc32)c1. The summed E-state index contributed by atoms with van der Waals surface area (Å²) in [7, 11) is 1.99. The molecule has 1 aromatic heterocycles. The maximum atomic E-state index is 5.95. The largest absolute Gasteiger partial charge is 0.371 e. The second-order valence-electron chi connectivity index (χ2n) is 5.55. The number of aromatic nitrogens is 2. The number of nitrogens with zero attached hydrogens (tertiary/aromatic N) is 2. The highest BCUT2D eigenvalue weighted by Crippen LogP contribution is 2.28. The molecular weight excluding hydrogens is 262 g/mol. The Hall–Kier alpha value is -1.65. The van der Waals surface area contributed by atoms with Crippen molar-refractivity contribution >= 4 is 0 Å². The first-order chi connectivity index (χ1) is 10.3. The van der Waals surface area contributed by atoms with E-state index in [9.17, 15) is 0 Å². The van der Waals surface area contributed by atoms with Gasteiger partial charge in [0.05, 0.1) is 19.3 Å². The molecule has 0 amide bonds. The smallest absolute Gasteiger partial charge is 0.102 e. The van der Waals surface area contributed by atoms with Crippen LogP contribution in [0.5, 0.6) is 0 Å². The van der Waals surface area contributed by atoms with Crippen LogP contribution < -0.4 is 5.32 Å². The van der Waals surface area contributed by atoms with Gasteiger partial charge >= 0.3 is 0 Å². The maximum Gasteiger partial charge on any atom is 0.102 e. The molecule has 0 bridgehead atoms. The first kappa shape index (κ1) is 14.3. The molecule has 0 saturated heterocycles. The van der Waals surface area contributed by atoms with Crippen LogP contribution in [0.3, 0.4) is 0 Å². The lowest BCUT2D eigenvalue weighted by Crippen LogP contribution is -2.21. The molecule has 1 aliphatic rings. The fraction of sp³-hybridized carbons (Fsp3) is 0.471. The molecule has 1 aromatic carbocycles. The van der Waals surface area contributed by atoms with Crippen LogP contribution in [0.2, 0.25) is 0 Å². The van der Waals surface area contributed by atoms with Crippen molar-refractivity contribution in [2.75, 3.05) is 13.7 Å². The molecule has 0 saturated carbocycles. The number of hydrogen-bond donors (Lipinski definition) is 1. The molecule has 0 aliphatic carbocycles. The maximum absolute atomic E-state index is 5.95. The third kappa shape index (κ3) is 3.01. The van der Waals surface area contributed by atoms with Crippen molar-refractivity contribution in [3.63, 3.8) is 0 Å². The van der Waals surface area contributed by atoms with E-state index in [1.54, 1.807) is 0 Å². The van der Waals surface area contributed by atoms with Crippen LogP contribution in [0.1, 0.15) is 42.2 Å². The number of ether oxygens (including phenoxy) is 1. The number of benzene rings is 1. The Balaban J connectivity index is 1.76. The third-order valence-electron chi connectivity index (χ3n) is 4.26. The van der Waals surface area contributed by atoms with E-state index in [4.69, 9.17) is 4.74 Å². The van der Waals surface area contributed by atoms with Crippen molar-refractivity contribution in [1.29, 1.82) is 0 Å². The van der Waals surface area contributed by atoms with E-state index < -0.39 is 0 Å². The second kappa shape index (κ2) is 6.41. The van der Waals surface area contributed by atoms with Crippen LogP contribution in [0.25, 0.3) is 0 Å². The topological polar surface area (TPSA) is 39.1 Å². The highest BCUT2D eigenvalue weighted by molar-refractivity contribution is 5.30. The number of nitrogens with one attached hydrogen (secondary N) is 1. The van der Waals surface area contributed by atoms with E-state index in [-0.39, 0.29) is 6.10 Å². The molecule has 4 heteroatoms. The van der Waals surface area contributed by atoms with Gasteiger partial charge in [0.15, 0.2) is 0 Å². The molecule has 1 N–H and O–H groups in total. The average Bonchev–Trinajstić information content (AvgIpc) is 2.97. The summed E-state index contributed by atoms with van der Waals surface area (Å²) in [6.07, 6.45) is 6.27. The van der Waals surface area contributed by atoms with Crippen LogP contribution in [-0.4, -0.2) is 23.4 Å². The van der Waals surface area contributed by atoms with Crippen LogP contribution in [0, 0.1) is 0 Å². The molecule has 21 heavy (non-hydrogen) atoms. The Bertz CT molecular complexity index is 589. The highest BCUT2D eigenvalue weighted by atomic mass is 16.5. The summed E-state index contributed by atoms with van der Waals surface area (Å²) in [5.74, 6) is 0. The van der Waals surface area contributed by atoms with Gasteiger partial charge in [-0.1, -0.05) is 31.2 Å². The zero-order valence-corrected chi connectivity index (χ0v) is 12.7. The van der Waals surface area contributed by atoms with Gasteiger partial charge < -0.3 is 10.1 Å². The van der Waals surface area contributed by atoms with Gasteiger partial charge in [-0.2, -0.15) is 5.10 Å². The number of rotatable bonds is 5. The fourth-order valence-corrected chi connectivity index (χ4v) is 3.06. The summed E-state index contributed by atoms with van der Waals surface area (Å²) in [6.45, 7) is 3.75. The van der Waals surface area contributed by atoms with Crippen molar-refractivity contribution in [2.45, 2.75) is 38.5 Å². The van der Waals surface area contributed by atoms with Gasteiger partial charge in [0.1, 0.15) is 6.10 Å². The van der Waals surface area contributed by atoms with Crippen molar-refractivity contribution in [2.24, 2.45) is 0 Å². The molecule has 3 rings (SSSR count). The summed E-state index contributed by atoms with van der Waals surface area (Å²) >= 11 is 0. The Morgan fingerprint density at radius 3 is 3.10 bits per heavy atom. The van der Waals surface area contributed by atoms with E-state index >= 15 is 0 Å². The molecule has 2 atom stereocenters. The van der Waals surface area contributed by atoms with Crippen LogP contribution >= 0.6 is 0 Å². The Morgan fingerprint density at radius 2 is 2.29 bits per heavy atom. The van der Waals surface area contributed by atoms with Crippen molar-refractivity contribution in [3.05, 3.63) is 53.3 Å². The lowest BCUT2D eigenvalue weighted by Gasteiger charge is -2.26. The van der Waals surface area contributed by atoms with Gasteiger partial charge in [0.25, 0.3) is 0 Å². The summed E-state index contributed by atoms with van der Waals surface area (Å²) in [5.41, 5.74) is 3.95. The summed E-state index contributed by atoms with van der Waals surface area (Å²) in [4.78, 5) is 0. The minimum atomic E-state index is 0.109. The fourth-order valence-electron chi connectivity index (χ4n) is 3.06. The normalized spacial score (nSPS) is 19.2. The molecule has 4 nitrogen and oxygen atoms in total. The van der Waals surface area contributed by atoms with Gasteiger partial charge in [-0.05, 0) is 31.0 Å². The standard InChI is InChI=1S/C17H23N3O/c1-3-16(18-2)14-10-19-20(11-14)12-17-15-7-5-4-6-13(15)8-9-21-17/h4-7,10-11,16-18H,3,8-9,12H2,1-2H3. The van der Waals surface area contributed by atoms with E-state index in [2.05, 4.69) is 47.8 Å². The van der Waals surface area contributed by atoms with Crippen molar-refractivity contribution in [3.8, 4) is 0 Å². The van der Waals surface area contributed by atoms with Crippen LogP contribution in [0.4, 0.5) is 0 Å². The van der Waals surface area contributed by atoms with Gasteiger partial charge in [0.2, 0.25) is 0 Å². The average molecular weight is 285 g/mol. The molecule has 2 unspecified atom stereocenters. The molecule has 0 fully saturated rings. The zero-order valence-electron chi connectivity index (χ0n) is 12.7. The summed E-state index contributed by atoms with van der Waals surface area (Å²) in [5, 5.41) is 7.81. The van der Waals surface area contributed by atoms with Crippen LogP contribution in [-0.2, 0) is 17.7 Å². The molecule has 0 radical (unpaired) electrons. The van der Waals surface area contributed by atoms with E-state index in [1.165, 1.54) is 16.7 Å². The molecule has 0 spiro atoms. The Labute approximate surface area is 126 Å². The minimum Gasteiger partial charge on any atom is -0.371 e. The van der Waals surface area contributed by atoms with Gasteiger partial charge in [0, 0.05) is 17.8 Å². The third-order valence-corrected chi connectivity index (χ3v) is 4.26. The summed E-state index contributed by atoms with van der Waals surface area (Å²) < 4.78 is 7.96. The van der Waals surface area contributed by atoms with E-state index in [0.29, 0.717) is 6.04 Å². The highest BCUT2D eigenvalue weighted by Gasteiger charge is 2.21. The zero-order chi connectivity index (χ0) is 14.7. The lowest BCUT2D eigenvalue weighted by atomic mass is 9.98. The number of fused-ring (bicyclic) bond motifs is 1. The molecule has 2 heterocycles. The number of hydrogen-bond acceptors (Lipinski definition) is 3. The van der Waals surface area contributed by atoms with E-state index in [1.807, 2.05) is 17.9 Å². The minimum absolute atomic E-state index is 0.109. The monoisotopic (exact) mass is 285 g/mol. The predicted octanol–water partition coefficient (Wildman–Crippen LogP) is 2.87. The second-order valence-corrected chi connectivity index (χ2v) is 5.55. The predicted molar refractivity (Wildman–Crippen MR) is 83.2 cm³/mol. The first-order valence-corrected chi connectivity index (χ1v) is 7.70. The van der Waals surface area contributed by atoms with Gasteiger partial charge in [-0.25, -0.2) is 0 Å². The van der Waals surface area contributed by atoms with Gasteiger partial charge in [-0.3, -0.25) is 4.68 Å². The Kier molecular flexibility index (Phi) is 4.36. The first-order valence-electron chi connectivity index (χ1n) is 7.70. The van der Waals surface area contributed by atoms with E-state index in [0.717, 1.165) is 26.0 Å². The lowest BCUT2D eigenvalue weighted by molar-refractivity contribution is 0.0283. The Morgan fingerprint density at radius 1 is 1.43 bits per heavy atom. The van der Waals surface area contributed by atoms with Crippen molar-refractivity contribution < 1.29 is 4.74 Å².